The van der Waals surface area contributed by atoms with Gasteiger partial charge in [0.15, 0.2) is 5.65 Å². The highest BCUT2D eigenvalue weighted by atomic mass is 16.2. The highest BCUT2D eigenvalue weighted by Gasteiger charge is 2.12. The predicted molar refractivity (Wildman–Crippen MR) is 101 cm³/mol. The van der Waals surface area contributed by atoms with Gasteiger partial charge in [0.05, 0.1) is 5.52 Å². The van der Waals surface area contributed by atoms with Crippen molar-refractivity contribution in [1.82, 2.24) is 14.0 Å². The van der Waals surface area contributed by atoms with E-state index in [2.05, 4.69) is 10.3 Å². The van der Waals surface area contributed by atoms with E-state index < -0.39 is 0 Å². The summed E-state index contributed by atoms with van der Waals surface area (Å²) in [5, 5.41) is 2.86. The van der Waals surface area contributed by atoms with Crippen molar-refractivity contribution in [3.05, 3.63) is 76.8 Å². The summed E-state index contributed by atoms with van der Waals surface area (Å²) in [4.78, 5) is 29.4. The maximum absolute atomic E-state index is 12.8. The quantitative estimate of drug-likeness (QED) is 0.618. The van der Waals surface area contributed by atoms with E-state index in [1.54, 1.807) is 16.8 Å². The minimum absolute atomic E-state index is 0.139. The Balaban J connectivity index is 1.62. The summed E-state index contributed by atoms with van der Waals surface area (Å²) < 4.78 is 3.40. The summed E-state index contributed by atoms with van der Waals surface area (Å²) in [6.07, 6.45) is 3.69. The van der Waals surface area contributed by atoms with E-state index >= 15 is 0 Å². The lowest BCUT2D eigenvalue weighted by Crippen LogP contribution is -2.25. The van der Waals surface area contributed by atoms with Gasteiger partial charge in [-0.1, -0.05) is 17.7 Å². The fourth-order valence-electron chi connectivity index (χ4n) is 3.07. The average Bonchev–Trinajstić information content (AvgIpc) is 3.14. The Kier molecular flexibility index (Phi) is 4.01. The number of rotatable bonds is 4. The Morgan fingerprint density at radius 3 is 2.65 bits per heavy atom. The van der Waals surface area contributed by atoms with Crippen molar-refractivity contribution in [3.8, 4) is 0 Å². The SMILES string of the molecule is Cc1ccc(NC(=O)CCn2c(=O)c3cccn3c3cccnc32)cc1. The van der Waals surface area contributed by atoms with Crippen LogP contribution in [-0.4, -0.2) is 19.9 Å². The molecule has 3 aromatic heterocycles. The second-order valence-corrected chi connectivity index (χ2v) is 6.23. The smallest absolute Gasteiger partial charge is 0.276 e. The number of nitrogens with zero attached hydrogens (tertiary/aromatic N) is 3. The van der Waals surface area contributed by atoms with Crippen LogP contribution in [0.1, 0.15) is 12.0 Å². The molecule has 6 nitrogen and oxygen atoms in total. The number of pyridine rings is 1. The van der Waals surface area contributed by atoms with Crippen molar-refractivity contribution in [1.29, 1.82) is 0 Å². The van der Waals surface area contributed by atoms with E-state index in [0.29, 0.717) is 11.2 Å². The first-order valence-electron chi connectivity index (χ1n) is 8.44. The monoisotopic (exact) mass is 346 g/mol. The molecule has 1 aromatic carbocycles. The fourth-order valence-corrected chi connectivity index (χ4v) is 3.07. The lowest BCUT2D eigenvalue weighted by Gasteiger charge is -2.11. The molecule has 0 spiro atoms. The third-order valence-corrected chi connectivity index (χ3v) is 4.39. The summed E-state index contributed by atoms with van der Waals surface area (Å²) in [6.45, 7) is 2.26. The zero-order valence-corrected chi connectivity index (χ0v) is 14.3. The summed E-state index contributed by atoms with van der Waals surface area (Å²) in [6, 6.07) is 15.0. The predicted octanol–water partition coefficient (Wildman–Crippen LogP) is 2.99. The Morgan fingerprint density at radius 2 is 1.85 bits per heavy atom. The number of aromatic nitrogens is 3. The van der Waals surface area contributed by atoms with E-state index in [1.165, 1.54) is 0 Å². The van der Waals surface area contributed by atoms with Crippen molar-refractivity contribution >= 4 is 28.3 Å². The molecule has 6 heteroatoms. The maximum atomic E-state index is 12.8. The van der Waals surface area contributed by atoms with Crippen LogP contribution in [-0.2, 0) is 11.3 Å². The number of anilines is 1. The van der Waals surface area contributed by atoms with Crippen molar-refractivity contribution in [2.24, 2.45) is 0 Å². The molecule has 0 aliphatic rings. The van der Waals surface area contributed by atoms with Gasteiger partial charge in [-0.3, -0.25) is 14.2 Å². The average molecular weight is 346 g/mol. The molecule has 130 valence electrons. The number of carbonyl (C=O) groups is 1. The Labute approximate surface area is 149 Å². The van der Waals surface area contributed by atoms with Gasteiger partial charge in [-0.2, -0.15) is 0 Å². The van der Waals surface area contributed by atoms with Crippen LogP contribution in [0.25, 0.3) is 16.7 Å². The van der Waals surface area contributed by atoms with Gasteiger partial charge in [0.1, 0.15) is 5.52 Å². The summed E-state index contributed by atoms with van der Waals surface area (Å²) in [5.74, 6) is -0.139. The van der Waals surface area contributed by atoms with Crippen LogP contribution in [0.4, 0.5) is 5.69 Å². The van der Waals surface area contributed by atoms with Crippen LogP contribution < -0.4 is 10.9 Å². The van der Waals surface area contributed by atoms with Gasteiger partial charge in [0.25, 0.3) is 5.56 Å². The second kappa shape index (κ2) is 6.48. The van der Waals surface area contributed by atoms with Crippen LogP contribution in [0, 0.1) is 6.92 Å². The zero-order chi connectivity index (χ0) is 18.1. The van der Waals surface area contributed by atoms with Crippen LogP contribution >= 0.6 is 0 Å². The van der Waals surface area contributed by atoms with Gasteiger partial charge in [0, 0.05) is 31.0 Å². The number of aryl methyl sites for hydroxylation is 2. The lowest BCUT2D eigenvalue weighted by atomic mass is 10.2. The minimum Gasteiger partial charge on any atom is -0.326 e. The third-order valence-electron chi connectivity index (χ3n) is 4.39. The molecule has 3 heterocycles. The molecule has 1 N–H and O–H groups in total. The normalized spacial score (nSPS) is 11.1. The lowest BCUT2D eigenvalue weighted by molar-refractivity contribution is -0.116. The van der Waals surface area contributed by atoms with Crippen molar-refractivity contribution < 1.29 is 4.79 Å². The van der Waals surface area contributed by atoms with Crippen LogP contribution in [0.3, 0.4) is 0 Å². The molecule has 0 unspecified atom stereocenters. The number of hydrogen-bond acceptors (Lipinski definition) is 3. The number of carbonyl (C=O) groups excluding carboxylic acids is 1. The minimum atomic E-state index is -0.149. The maximum Gasteiger partial charge on any atom is 0.276 e. The molecule has 0 bridgehead atoms. The van der Waals surface area contributed by atoms with E-state index in [-0.39, 0.29) is 24.4 Å². The van der Waals surface area contributed by atoms with Gasteiger partial charge in [-0.15, -0.1) is 0 Å². The molecule has 0 fully saturated rings. The van der Waals surface area contributed by atoms with Crippen molar-refractivity contribution in [3.63, 3.8) is 0 Å². The van der Waals surface area contributed by atoms with Crippen LogP contribution in [0.5, 0.6) is 0 Å². The van der Waals surface area contributed by atoms with Crippen molar-refractivity contribution in [2.45, 2.75) is 19.9 Å². The molecule has 0 saturated carbocycles. The molecule has 0 atom stereocenters. The summed E-state index contributed by atoms with van der Waals surface area (Å²) >= 11 is 0. The first kappa shape index (κ1) is 16.1. The number of nitrogens with one attached hydrogen (secondary N) is 1. The number of amides is 1. The van der Waals surface area contributed by atoms with Gasteiger partial charge in [-0.25, -0.2) is 4.98 Å². The number of fused-ring (bicyclic) bond motifs is 3. The summed E-state index contributed by atoms with van der Waals surface area (Å²) in [5.41, 5.74) is 3.72. The number of hydrogen-bond donors (Lipinski definition) is 1. The Bertz CT molecular complexity index is 1160. The largest absolute Gasteiger partial charge is 0.326 e. The number of benzene rings is 1. The molecule has 0 aliphatic carbocycles. The summed E-state index contributed by atoms with van der Waals surface area (Å²) in [7, 11) is 0. The van der Waals surface area contributed by atoms with Crippen molar-refractivity contribution in [2.75, 3.05) is 5.32 Å². The second-order valence-electron chi connectivity index (χ2n) is 6.23. The molecular weight excluding hydrogens is 328 g/mol. The molecule has 0 radical (unpaired) electrons. The Hall–Kier alpha value is -3.41. The highest BCUT2D eigenvalue weighted by molar-refractivity contribution is 5.90. The van der Waals surface area contributed by atoms with Gasteiger partial charge in [0.2, 0.25) is 5.91 Å². The molecule has 1 amide bonds. The molecule has 4 rings (SSSR count). The Morgan fingerprint density at radius 1 is 1.08 bits per heavy atom. The van der Waals surface area contributed by atoms with Crippen LogP contribution in [0.15, 0.2) is 65.7 Å². The highest BCUT2D eigenvalue weighted by Crippen LogP contribution is 2.14. The van der Waals surface area contributed by atoms with E-state index in [4.69, 9.17) is 0 Å². The molecule has 26 heavy (non-hydrogen) atoms. The van der Waals surface area contributed by atoms with Gasteiger partial charge >= 0.3 is 0 Å². The molecule has 4 aromatic rings. The zero-order valence-electron chi connectivity index (χ0n) is 14.3. The third kappa shape index (κ3) is 2.86. The first-order chi connectivity index (χ1) is 12.6. The van der Waals surface area contributed by atoms with E-state index in [9.17, 15) is 9.59 Å². The van der Waals surface area contributed by atoms with E-state index in [1.807, 2.05) is 60.0 Å². The topological polar surface area (TPSA) is 68.4 Å². The van der Waals surface area contributed by atoms with Gasteiger partial charge in [-0.05, 0) is 43.3 Å². The first-order valence-corrected chi connectivity index (χ1v) is 8.44. The molecule has 0 saturated heterocycles. The van der Waals surface area contributed by atoms with Gasteiger partial charge < -0.3 is 9.72 Å². The van der Waals surface area contributed by atoms with Crippen LogP contribution in [0.2, 0.25) is 0 Å². The van der Waals surface area contributed by atoms with E-state index in [0.717, 1.165) is 16.8 Å². The molecule has 0 aliphatic heterocycles. The molecular formula is C20H18N4O2. The fraction of sp³-hybridized carbons (Fsp3) is 0.150. The standard InChI is InChI=1S/C20H18N4O2/c1-14-6-8-15(9-7-14)22-18(25)10-13-24-19-16(4-2-11-21-19)23-12-3-5-17(23)20(24)26/h2-9,11-12H,10,13H2,1H3,(H,22,25).